The second-order valence-corrected chi connectivity index (χ2v) is 2.89. The zero-order valence-corrected chi connectivity index (χ0v) is 10.1. The van der Waals surface area contributed by atoms with Crippen molar-refractivity contribution in [3.8, 4) is 0 Å². The summed E-state index contributed by atoms with van der Waals surface area (Å²) in [6, 6.07) is 0. The Bertz CT molecular complexity index is 195. The van der Waals surface area contributed by atoms with Crippen LogP contribution in [0.2, 0.25) is 0 Å². The van der Waals surface area contributed by atoms with E-state index in [4.69, 9.17) is 30.6 Å². The molecule has 0 aliphatic rings. The largest absolute Gasteiger partial charge is 0.397 e. The average molecular weight is 278 g/mol. The highest BCUT2D eigenvalue weighted by Crippen LogP contribution is 2.04. The first-order chi connectivity index (χ1) is 7.33. The van der Waals surface area contributed by atoms with Crippen molar-refractivity contribution < 1.29 is 35.4 Å². The van der Waals surface area contributed by atoms with Crippen LogP contribution in [0.5, 0.6) is 0 Å². The lowest BCUT2D eigenvalue weighted by atomic mass is 10.0. The lowest BCUT2D eigenvalue weighted by Gasteiger charge is -2.23. The monoisotopic (exact) mass is 277 g/mol. The number of hydrogen-bond donors (Lipinski definition) is 7. The number of aliphatic hydroxyl groups is 6. The quantitative estimate of drug-likeness (QED) is 0.272. The van der Waals surface area contributed by atoms with Gasteiger partial charge in [-0.25, -0.2) is 0 Å². The van der Waals surface area contributed by atoms with Crippen LogP contribution in [-0.2, 0) is 4.79 Å². The highest BCUT2D eigenvalue weighted by molar-refractivity contribution is 5.85. The van der Waals surface area contributed by atoms with E-state index in [0.717, 1.165) is 0 Å². The Hall–Kier alpha value is -0.480. The van der Waals surface area contributed by atoms with Crippen LogP contribution in [0.1, 0.15) is 6.92 Å². The molecule has 17 heavy (non-hydrogen) atoms. The van der Waals surface area contributed by atoms with Crippen LogP contribution in [0.4, 0.5) is 0 Å². The molecule has 0 radical (unpaired) electrons. The van der Waals surface area contributed by atoms with E-state index in [9.17, 15) is 4.79 Å². The standard InChI is InChI=1S/C6H13NO6.C2H6O.ClH/c7-6(13)5(12)4(11)3(10)2(9)1-8;1-2-3;/h2-5,8-12H,1H2,(H2,7,13);3H,2H2,1H3;1H. The zero-order chi connectivity index (χ0) is 13.3. The van der Waals surface area contributed by atoms with E-state index < -0.39 is 36.9 Å². The van der Waals surface area contributed by atoms with E-state index in [1.54, 1.807) is 6.92 Å². The predicted molar refractivity (Wildman–Crippen MR) is 60.3 cm³/mol. The van der Waals surface area contributed by atoms with Gasteiger partial charge in [0, 0.05) is 6.61 Å². The molecule has 4 atom stereocenters. The Kier molecular flexibility index (Phi) is 15.4. The molecule has 0 aliphatic carbocycles. The van der Waals surface area contributed by atoms with Gasteiger partial charge in [-0.1, -0.05) is 0 Å². The van der Waals surface area contributed by atoms with Crippen LogP contribution >= 0.6 is 12.4 Å². The third-order valence-corrected chi connectivity index (χ3v) is 1.55. The van der Waals surface area contributed by atoms with Gasteiger partial charge in [-0.05, 0) is 6.92 Å². The highest BCUT2D eigenvalue weighted by atomic mass is 35.5. The summed E-state index contributed by atoms with van der Waals surface area (Å²) in [5, 5.41) is 51.5. The van der Waals surface area contributed by atoms with Crippen molar-refractivity contribution in [1.29, 1.82) is 0 Å². The van der Waals surface area contributed by atoms with Crippen molar-refractivity contribution in [2.75, 3.05) is 13.2 Å². The van der Waals surface area contributed by atoms with Gasteiger partial charge in [-0.15, -0.1) is 12.4 Å². The number of rotatable bonds is 5. The van der Waals surface area contributed by atoms with E-state index in [-0.39, 0.29) is 19.0 Å². The van der Waals surface area contributed by atoms with Gasteiger partial charge in [0.05, 0.1) is 6.61 Å². The van der Waals surface area contributed by atoms with Crippen molar-refractivity contribution >= 4 is 18.3 Å². The molecule has 0 saturated heterocycles. The van der Waals surface area contributed by atoms with Crippen LogP contribution in [0, 0.1) is 0 Å². The summed E-state index contributed by atoms with van der Waals surface area (Å²) in [5.74, 6) is -1.23. The third-order valence-electron chi connectivity index (χ3n) is 1.55. The molecule has 0 aromatic heterocycles. The lowest BCUT2D eigenvalue weighted by Crippen LogP contribution is -2.50. The molecule has 0 heterocycles. The third kappa shape index (κ3) is 9.24. The van der Waals surface area contributed by atoms with Gasteiger partial charge in [0.25, 0.3) is 0 Å². The second kappa shape index (κ2) is 12.0. The summed E-state index contributed by atoms with van der Waals surface area (Å²) in [7, 11) is 0. The minimum atomic E-state index is -1.98. The molecule has 4 unspecified atom stereocenters. The van der Waals surface area contributed by atoms with Gasteiger partial charge in [0.2, 0.25) is 5.91 Å². The van der Waals surface area contributed by atoms with Gasteiger partial charge in [0.1, 0.15) is 18.3 Å². The van der Waals surface area contributed by atoms with Gasteiger partial charge in [0.15, 0.2) is 6.10 Å². The number of carbonyl (C=O) groups is 1. The van der Waals surface area contributed by atoms with Crippen molar-refractivity contribution in [3.63, 3.8) is 0 Å². The normalized spacial score (nSPS) is 16.6. The highest BCUT2D eigenvalue weighted by Gasteiger charge is 2.32. The summed E-state index contributed by atoms with van der Waals surface area (Å²) in [5.41, 5.74) is 4.61. The summed E-state index contributed by atoms with van der Waals surface area (Å²) in [6.07, 6.45) is -7.35. The molecular weight excluding hydrogens is 258 g/mol. The van der Waals surface area contributed by atoms with E-state index in [2.05, 4.69) is 5.73 Å². The zero-order valence-electron chi connectivity index (χ0n) is 9.30. The molecule has 1 amide bonds. The first-order valence-electron chi connectivity index (χ1n) is 4.56. The van der Waals surface area contributed by atoms with Gasteiger partial charge >= 0.3 is 0 Å². The SMILES string of the molecule is CCO.Cl.NC(=O)C(O)C(O)C(O)C(O)CO. The maximum atomic E-state index is 10.3. The van der Waals surface area contributed by atoms with Crippen molar-refractivity contribution in [2.45, 2.75) is 31.3 Å². The predicted octanol–water partition coefficient (Wildman–Crippen LogP) is -3.67. The summed E-state index contributed by atoms with van der Waals surface area (Å²) in [4.78, 5) is 10.3. The fraction of sp³-hybridized carbons (Fsp3) is 0.875. The number of amides is 1. The maximum absolute atomic E-state index is 10.3. The Labute approximate surface area is 105 Å². The summed E-state index contributed by atoms with van der Waals surface area (Å²) in [6.45, 7) is 1.13. The van der Waals surface area contributed by atoms with E-state index in [1.807, 2.05) is 0 Å². The first kappa shape index (κ1) is 21.8. The molecule has 0 fully saturated rings. The van der Waals surface area contributed by atoms with Crippen LogP contribution < -0.4 is 5.73 Å². The van der Waals surface area contributed by atoms with Gasteiger partial charge < -0.3 is 36.4 Å². The molecule has 0 aromatic carbocycles. The number of aliphatic hydroxyl groups excluding tert-OH is 6. The summed E-state index contributed by atoms with van der Waals surface area (Å²) < 4.78 is 0. The number of hydrogen-bond acceptors (Lipinski definition) is 7. The van der Waals surface area contributed by atoms with E-state index in [1.165, 1.54) is 0 Å². The van der Waals surface area contributed by atoms with Crippen LogP contribution in [0.15, 0.2) is 0 Å². The molecule has 0 aliphatic heterocycles. The molecule has 0 saturated carbocycles. The molecular formula is C8H20ClNO7. The number of nitrogens with two attached hydrogens (primary N) is 1. The average Bonchev–Trinajstić information content (AvgIpc) is 2.25. The Morgan fingerprint density at radius 2 is 1.47 bits per heavy atom. The number of carbonyl (C=O) groups excluding carboxylic acids is 1. The van der Waals surface area contributed by atoms with Crippen LogP contribution in [-0.4, -0.2) is 74.2 Å². The molecule has 0 spiro atoms. The topological polar surface area (TPSA) is 164 Å². The number of halogens is 1. The number of primary amides is 1. The van der Waals surface area contributed by atoms with E-state index >= 15 is 0 Å². The molecule has 0 aromatic rings. The summed E-state index contributed by atoms with van der Waals surface area (Å²) >= 11 is 0. The molecule has 106 valence electrons. The minimum Gasteiger partial charge on any atom is -0.397 e. The van der Waals surface area contributed by atoms with Crippen LogP contribution in [0.25, 0.3) is 0 Å². The van der Waals surface area contributed by atoms with Crippen molar-refractivity contribution in [1.82, 2.24) is 0 Å². The van der Waals surface area contributed by atoms with Crippen molar-refractivity contribution in [2.24, 2.45) is 5.73 Å². The fourth-order valence-electron chi connectivity index (χ4n) is 0.691. The Balaban J connectivity index is -0.000000440. The first-order valence-corrected chi connectivity index (χ1v) is 4.56. The Morgan fingerprint density at radius 1 is 1.12 bits per heavy atom. The molecule has 0 rings (SSSR count). The minimum absolute atomic E-state index is 0. The van der Waals surface area contributed by atoms with Gasteiger partial charge in [-0.3, -0.25) is 4.79 Å². The molecule has 8 N–H and O–H groups in total. The Morgan fingerprint density at radius 3 is 1.71 bits per heavy atom. The fourth-order valence-corrected chi connectivity index (χ4v) is 0.691. The maximum Gasteiger partial charge on any atom is 0.249 e. The smallest absolute Gasteiger partial charge is 0.249 e. The molecule has 0 bridgehead atoms. The van der Waals surface area contributed by atoms with E-state index in [0.29, 0.717) is 0 Å². The van der Waals surface area contributed by atoms with Crippen LogP contribution in [0.3, 0.4) is 0 Å². The van der Waals surface area contributed by atoms with Crippen molar-refractivity contribution in [3.05, 3.63) is 0 Å². The van der Waals surface area contributed by atoms with Gasteiger partial charge in [-0.2, -0.15) is 0 Å². The lowest BCUT2D eigenvalue weighted by molar-refractivity contribution is -0.146. The molecule has 9 heteroatoms. The second-order valence-electron chi connectivity index (χ2n) is 2.89. The molecule has 8 nitrogen and oxygen atoms in total.